The molecule has 0 unspecified atom stereocenters. The fourth-order valence-electron chi connectivity index (χ4n) is 1.97. The van der Waals surface area contributed by atoms with Crippen LogP contribution in [0.4, 0.5) is 17.3 Å². The first kappa shape index (κ1) is 15.2. The monoisotopic (exact) mass is 287 g/mol. The van der Waals surface area contributed by atoms with Crippen LogP contribution in [0.25, 0.3) is 0 Å². The van der Waals surface area contributed by atoms with Crippen molar-refractivity contribution in [3.8, 4) is 0 Å². The van der Waals surface area contributed by atoms with Gasteiger partial charge in [0.2, 0.25) is 0 Å². The molecule has 0 radical (unpaired) electrons. The predicted octanol–water partition coefficient (Wildman–Crippen LogP) is 2.42. The number of benzene rings is 1. The second kappa shape index (κ2) is 7.54. The highest BCUT2D eigenvalue weighted by Crippen LogP contribution is 2.18. The molecule has 2 aromatic rings. The fraction of sp³-hybridized carbons (Fsp3) is 0.400. The molecule has 0 spiro atoms. The lowest BCUT2D eigenvalue weighted by Gasteiger charge is -2.05. The number of hydrogen-bond donors (Lipinski definition) is 2. The SMILES string of the molecule is Cn1cc[n+](C)c1N=Nc1ccc(NCCCCN)cc1. The number of nitrogens with two attached hydrogens (primary N) is 1. The van der Waals surface area contributed by atoms with Crippen molar-refractivity contribution in [1.82, 2.24) is 4.57 Å². The summed E-state index contributed by atoms with van der Waals surface area (Å²) in [6.45, 7) is 1.69. The summed E-state index contributed by atoms with van der Waals surface area (Å²) in [5, 5.41) is 11.9. The third kappa shape index (κ3) is 4.39. The Labute approximate surface area is 125 Å². The van der Waals surface area contributed by atoms with E-state index in [0.717, 1.165) is 43.3 Å². The molecule has 3 N–H and O–H groups in total. The summed E-state index contributed by atoms with van der Waals surface area (Å²) in [5.41, 5.74) is 7.40. The number of azo groups is 1. The smallest absolute Gasteiger partial charge is 0.385 e. The maximum Gasteiger partial charge on any atom is 0.421 e. The summed E-state index contributed by atoms with van der Waals surface area (Å²) in [5.74, 6) is 0.805. The van der Waals surface area contributed by atoms with Crippen LogP contribution in [0.15, 0.2) is 46.9 Å². The first-order valence-corrected chi connectivity index (χ1v) is 7.17. The minimum atomic E-state index is 0.748. The van der Waals surface area contributed by atoms with Crippen LogP contribution in [-0.4, -0.2) is 17.7 Å². The molecule has 0 saturated heterocycles. The molecule has 0 aliphatic carbocycles. The second-order valence-corrected chi connectivity index (χ2v) is 4.99. The van der Waals surface area contributed by atoms with Crippen LogP contribution in [0.3, 0.4) is 0 Å². The summed E-state index contributed by atoms with van der Waals surface area (Å²) in [7, 11) is 3.89. The lowest BCUT2D eigenvalue weighted by atomic mass is 10.2. The van der Waals surface area contributed by atoms with Gasteiger partial charge in [0.25, 0.3) is 0 Å². The van der Waals surface area contributed by atoms with Gasteiger partial charge in [0.15, 0.2) is 0 Å². The van der Waals surface area contributed by atoms with E-state index in [0.29, 0.717) is 0 Å². The second-order valence-electron chi connectivity index (χ2n) is 4.99. The maximum absolute atomic E-state index is 5.47. The Kier molecular flexibility index (Phi) is 5.45. The number of nitrogens with zero attached hydrogens (tertiary/aromatic N) is 4. The molecule has 0 aliphatic heterocycles. The van der Waals surface area contributed by atoms with Gasteiger partial charge in [-0.3, -0.25) is 0 Å². The van der Waals surface area contributed by atoms with Crippen molar-refractivity contribution in [1.29, 1.82) is 0 Å². The van der Waals surface area contributed by atoms with Crippen molar-refractivity contribution in [2.24, 2.45) is 30.1 Å². The fourth-order valence-corrected chi connectivity index (χ4v) is 1.97. The average Bonchev–Trinajstić information content (AvgIpc) is 2.82. The average molecular weight is 287 g/mol. The van der Waals surface area contributed by atoms with Crippen molar-refractivity contribution in [2.45, 2.75) is 12.8 Å². The van der Waals surface area contributed by atoms with Crippen LogP contribution < -0.4 is 15.6 Å². The summed E-state index contributed by atoms with van der Waals surface area (Å²) in [6, 6.07) is 7.94. The number of unbranched alkanes of at least 4 members (excludes halogenated alkanes) is 1. The van der Waals surface area contributed by atoms with Crippen molar-refractivity contribution >= 4 is 17.3 Å². The number of imidazole rings is 1. The zero-order valence-corrected chi connectivity index (χ0v) is 12.7. The van der Waals surface area contributed by atoms with Crippen LogP contribution in [-0.2, 0) is 14.1 Å². The van der Waals surface area contributed by atoms with Crippen molar-refractivity contribution < 1.29 is 4.57 Å². The Balaban J connectivity index is 1.93. The molecular formula is C15H23N6+. The van der Waals surface area contributed by atoms with Gasteiger partial charge in [-0.1, -0.05) is 5.11 Å². The summed E-state index contributed by atoms with van der Waals surface area (Å²) in [4.78, 5) is 0. The third-order valence-corrected chi connectivity index (χ3v) is 3.23. The van der Waals surface area contributed by atoms with Crippen LogP contribution in [0.2, 0.25) is 0 Å². The molecule has 1 heterocycles. The zero-order valence-electron chi connectivity index (χ0n) is 12.7. The zero-order chi connectivity index (χ0) is 15.1. The Hall–Kier alpha value is -2.21. The Bertz CT molecular complexity index is 565. The first-order chi connectivity index (χ1) is 10.2. The largest absolute Gasteiger partial charge is 0.421 e. The van der Waals surface area contributed by atoms with Crippen LogP contribution >= 0.6 is 0 Å². The van der Waals surface area contributed by atoms with E-state index in [2.05, 4.69) is 15.5 Å². The van der Waals surface area contributed by atoms with Crippen molar-refractivity contribution in [3.05, 3.63) is 36.7 Å². The van der Waals surface area contributed by atoms with Gasteiger partial charge in [0.05, 0.1) is 26.5 Å². The van der Waals surface area contributed by atoms with Crippen LogP contribution in [0.1, 0.15) is 12.8 Å². The minimum absolute atomic E-state index is 0.748. The van der Waals surface area contributed by atoms with E-state index >= 15 is 0 Å². The number of aryl methyl sites for hydroxylation is 2. The summed E-state index contributed by atoms with van der Waals surface area (Å²) in [6.07, 6.45) is 6.03. The molecule has 1 aromatic heterocycles. The number of nitrogens with one attached hydrogen (secondary N) is 1. The van der Waals surface area contributed by atoms with Gasteiger partial charge in [0.1, 0.15) is 5.69 Å². The highest BCUT2D eigenvalue weighted by atomic mass is 15.3. The predicted molar refractivity (Wildman–Crippen MR) is 84.0 cm³/mol. The highest BCUT2D eigenvalue weighted by molar-refractivity contribution is 5.50. The molecule has 2 rings (SSSR count). The Morgan fingerprint density at radius 1 is 1.19 bits per heavy atom. The Morgan fingerprint density at radius 2 is 1.95 bits per heavy atom. The molecule has 112 valence electrons. The van der Waals surface area contributed by atoms with Gasteiger partial charge >= 0.3 is 5.95 Å². The van der Waals surface area contributed by atoms with Crippen LogP contribution in [0, 0.1) is 0 Å². The number of aromatic nitrogens is 2. The van der Waals surface area contributed by atoms with E-state index in [1.54, 1.807) is 0 Å². The van der Waals surface area contributed by atoms with Gasteiger partial charge < -0.3 is 11.1 Å². The molecule has 21 heavy (non-hydrogen) atoms. The van der Waals surface area contributed by atoms with Crippen LogP contribution in [0.5, 0.6) is 0 Å². The van der Waals surface area contributed by atoms with Gasteiger partial charge in [-0.25, -0.2) is 9.13 Å². The van der Waals surface area contributed by atoms with Crippen molar-refractivity contribution in [2.75, 3.05) is 18.4 Å². The molecule has 6 nitrogen and oxygen atoms in total. The molecule has 6 heteroatoms. The molecule has 0 fully saturated rings. The quantitative estimate of drug-likeness (QED) is 0.466. The van der Waals surface area contributed by atoms with E-state index < -0.39 is 0 Å². The van der Waals surface area contributed by atoms with E-state index in [9.17, 15) is 0 Å². The highest BCUT2D eigenvalue weighted by Gasteiger charge is 2.09. The molecule has 0 bridgehead atoms. The van der Waals surface area contributed by atoms with E-state index in [1.165, 1.54) is 0 Å². The molecule has 0 atom stereocenters. The Morgan fingerprint density at radius 3 is 2.57 bits per heavy atom. The molecule has 0 aliphatic rings. The molecule has 0 amide bonds. The topological polar surface area (TPSA) is 71.6 Å². The number of rotatable bonds is 7. The first-order valence-electron chi connectivity index (χ1n) is 7.17. The van der Waals surface area contributed by atoms with Gasteiger partial charge in [-0.15, -0.1) is 0 Å². The normalized spacial score (nSPS) is 11.2. The maximum atomic E-state index is 5.47. The standard InChI is InChI=1S/C15H22N6/c1-20-11-12-21(2)15(20)19-18-14-7-5-13(6-8-14)17-10-4-3-9-16/h5-8,11-12H,3-4,9-10,16H2,1-2H3/p+1. The molecule has 0 saturated carbocycles. The van der Waals surface area contributed by atoms with Gasteiger partial charge in [0, 0.05) is 17.3 Å². The molecule has 1 aromatic carbocycles. The lowest BCUT2D eigenvalue weighted by molar-refractivity contribution is -0.657. The third-order valence-electron chi connectivity index (χ3n) is 3.23. The van der Waals surface area contributed by atoms with E-state index in [-0.39, 0.29) is 0 Å². The number of anilines is 1. The number of hydrogen-bond acceptors (Lipinski definition) is 4. The summed E-state index contributed by atoms with van der Waals surface area (Å²) < 4.78 is 3.85. The van der Waals surface area contributed by atoms with E-state index in [1.807, 2.05) is 59.9 Å². The van der Waals surface area contributed by atoms with Crippen molar-refractivity contribution in [3.63, 3.8) is 0 Å². The van der Waals surface area contributed by atoms with E-state index in [4.69, 9.17) is 5.73 Å². The minimum Gasteiger partial charge on any atom is -0.385 e. The summed E-state index contributed by atoms with van der Waals surface area (Å²) >= 11 is 0. The lowest BCUT2D eigenvalue weighted by Crippen LogP contribution is -2.25. The van der Waals surface area contributed by atoms with Gasteiger partial charge in [-0.05, 0) is 43.7 Å². The molecular weight excluding hydrogens is 264 g/mol. The van der Waals surface area contributed by atoms with Gasteiger partial charge in [-0.2, -0.15) is 0 Å².